The summed E-state index contributed by atoms with van der Waals surface area (Å²) >= 11 is 4.54. The summed E-state index contributed by atoms with van der Waals surface area (Å²) in [5.74, 6) is 0. The molecular formula is C56H52N2O6P2S3. The third kappa shape index (κ3) is 10.3. The van der Waals surface area contributed by atoms with Crippen molar-refractivity contribution in [2.45, 2.75) is 27.7 Å². The van der Waals surface area contributed by atoms with Crippen molar-refractivity contribution < 1.29 is 27.2 Å². The molecule has 0 spiro atoms. The maximum Gasteiger partial charge on any atom is 0.363 e. The first-order valence-corrected chi connectivity index (χ1v) is 28.5. The molecule has 6 aromatic carbocycles. The van der Waals surface area contributed by atoms with Gasteiger partial charge in [0.05, 0.1) is 46.8 Å². The van der Waals surface area contributed by atoms with Gasteiger partial charge in [0.25, 0.3) is 0 Å². The molecule has 13 heteroatoms. The van der Waals surface area contributed by atoms with Gasteiger partial charge in [-0.15, -0.1) is 34.0 Å². The van der Waals surface area contributed by atoms with Crippen LogP contribution < -0.4 is 20.4 Å². The lowest BCUT2D eigenvalue weighted by atomic mass is 10.1. The van der Waals surface area contributed by atoms with Crippen molar-refractivity contribution in [1.29, 1.82) is 0 Å². The van der Waals surface area contributed by atoms with Crippen LogP contribution in [0, 0.1) is 0 Å². The van der Waals surface area contributed by atoms with E-state index >= 15 is 9.13 Å². The van der Waals surface area contributed by atoms with Gasteiger partial charge in [0.1, 0.15) is 0 Å². The molecule has 0 unspecified atom stereocenters. The number of hydrogen-bond donors (Lipinski definition) is 0. The lowest BCUT2D eigenvalue weighted by molar-refractivity contribution is 0.226. The Morgan fingerprint density at radius 2 is 0.594 bits per heavy atom. The maximum atomic E-state index is 15.4. The average molecular weight is 1010 g/mol. The minimum absolute atomic E-state index is 0.102. The molecule has 0 aliphatic carbocycles. The van der Waals surface area contributed by atoms with Gasteiger partial charge in [-0.2, -0.15) is 0 Å². The zero-order valence-electron chi connectivity index (χ0n) is 38.8. The van der Waals surface area contributed by atoms with Crippen LogP contribution in [0.15, 0.2) is 194 Å². The minimum Gasteiger partial charge on any atom is -0.311 e. The largest absolute Gasteiger partial charge is 0.363 e. The van der Waals surface area contributed by atoms with E-state index in [0.29, 0.717) is 9.75 Å². The molecule has 0 fully saturated rings. The van der Waals surface area contributed by atoms with E-state index in [9.17, 15) is 0 Å². The highest BCUT2D eigenvalue weighted by atomic mass is 32.1. The molecule has 0 atom stereocenters. The highest BCUT2D eigenvalue weighted by Crippen LogP contribution is 2.60. The predicted octanol–water partition coefficient (Wildman–Crippen LogP) is 17.3. The second-order valence-electron chi connectivity index (χ2n) is 15.6. The fourth-order valence-corrected chi connectivity index (χ4v) is 17.1. The van der Waals surface area contributed by atoms with Gasteiger partial charge in [0.2, 0.25) is 0 Å². The SMILES string of the molecule is CCOP(=O)(OCC)c1c(-c2ccc(-c3ccc(N(c4ccccc4)c4ccccc4)cc3)s2)sc(-c2ccc(-c3ccc(N(c4ccccc4)c4ccccc4)cc3)s2)c1P(=O)(OCC)OCC. The van der Waals surface area contributed by atoms with Gasteiger partial charge in [0.15, 0.2) is 0 Å². The summed E-state index contributed by atoms with van der Waals surface area (Å²) in [4.78, 5) is 9.39. The van der Waals surface area contributed by atoms with Crippen LogP contribution in [0.2, 0.25) is 0 Å². The van der Waals surface area contributed by atoms with Crippen LogP contribution in [-0.2, 0) is 27.2 Å². The van der Waals surface area contributed by atoms with E-state index in [0.717, 1.165) is 64.8 Å². The second-order valence-corrected chi connectivity index (χ2v) is 22.7. The molecule has 350 valence electrons. The van der Waals surface area contributed by atoms with Crippen LogP contribution in [0.25, 0.3) is 40.4 Å². The first-order valence-electron chi connectivity index (χ1n) is 22.9. The van der Waals surface area contributed by atoms with Gasteiger partial charge in [-0.1, -0.05) is 97.1 Å². The number of thiophene rings is 3. The van der Waals surface area contributed by atoms with Gasteiger partial charge in [-0.3, -0.25) is 9.13 Å². The van der Waals surface area contributed by atoms with Crippen molar-refractivity contribution in [3.8, 4) is 40.4 Å². The normalized spacial score (nSPS) is 11.8. The van der Waals surface area contributed by atoms with Crippen molar-refractivity contribution in [3.05, 3.63) is 194 Å². The summed E-state index contributed by atoms with van der Waals surface area (Å²) in [6, 6.07) is 66.5. The van der Waals surface area contributed by atoms with Crippen LogP contribution in [0.5, 0.6) is 0 Å². The predicted molar refractivity (Wildman–Crippen MR) is 292 cm³/mol. The number of nitrogens with zero attached hydrogens (tertiary/aromatic N) is 2. The Hall–Kier alpha value is -5.68. The number of rotatable bonds is 20. The molecule has 3 aromatic heterocycles. The van der Waals surface area contributed by atoms with Crippen LogP contribution in [-0.4, -0.2) is 26.4 Å². The third-order valence-corrected chi connectivity index (χ3v) is 19.8. The molecule has 3 heterocycles. The Kier molecular flexibility index (Phi) is 15.4. The number of benzene rings is 6. The van der Waals surface area contributed by atoms with E-state index in [-0.39, 0.29) is 37.0 Å². The average Bonchev–Trinajstić information content (AvgIpc) is 4.17. The van der Waals surface area contributed by atoms with E-state index in [4.69, 9.17) is 18.1 Å². The first kappa shape index (κ1) is 48.3. The van der Waals surface area contributed by atoms with Crippen molar-refractivity contribution >= 4 is 93.9 Å². The van der Waals surface area contributed by atoms with Crippen LogP contribution >= 0.6 is 49.2 Å². The Balaban J connectivity index is 1.14. The molecule has 69 heavy (non-hydrogen) atoms. The summed E-state index contributed by atoms with van der Waals surface area (Å²) in [5.41, 5.74) is 8.31. The summed E-state index contributed by atoms with van der Waals surface area (Å²) in [5, 5.41) is 0.450. The minimum atomic E-state index is -4.13. The van der Waals surface area contributed by atoms with E-state index in [2.05, 4.69) is 119 Å². The van der Waals surface area contributed by atoms with Crippen LogP contribution in [0.3, 0.4) is 0 Å². The standard InChI is InChI=1S/C56H52N2O6P2S3/c1-5-61-65(59,62-6-2)53-54(66(60,63-7-3)64-8-4)56(52-40-38-50(68-52)42-31-35-48(36-32-42)58(45-25-17-11-18-26-45)46-27-19-12-20-28-46)69-55(53)51-39-37-49(67-51)41-29-33-47(34-30-41)57(43-21-13-9-14-22-43)44-23-15-10-16-24-44/h9-40H,5-8H2,1-4H3. The van der Waals surface area contributed by atoms with Crippen molar-refractivity contribution in [2.24, 2.45) is 0 Å². The van der Waals surface area contributed by atoms with E-state index < -0.39 is 15.2 Å². The van der Waals surface area contributed by atoms with E-state index in [1.807, 2.05) is 84.9 Å². The zero-order valence-corrected chi connectivity index (χ0v) is 43.0. The lowest BCUT2D eigenvalue weighted by Crippen LogP contribution is -2.28. The molecule has 8 nitrogen and oxygen atoms in total. The molecule has 9 aromatic rings. The fourth-order valence-electron chi connectivity index (χ4n) is 8.25. The smallest absolute Gasteiger partial charge is 0.311 e. The van der Waals surface area contributed by atoms with Crippen molar-refractivity contribution in [1.82, 2.24) is 0 Å². The molecule has 0 N–H and O–H groups in total. The molecular weight excluding hydrogens is 955 g/mol. The molecule has 0 bridgehead atoms. The third-order valence-electron chi connectivity index (χ3n) is 11.1. The topological polar surface area (TPSA) is 77.5 Å². The molecule has 0 radical (unpaired) electrons. The fraction of sp³-hybridized carbons (Fsp3) is 0.143. The summed E-state index contributed by atoms with van der Waals surface area (Å²) in [7, 11) is -8.27. The summed E-state index contributed by atoms with van der Waals surface area (Å²) in [6.07, 6.45) is 0. The number of para-hydroxylation sites is 4. The van der Waals surface area contributed by atoms with Gasteiger partial charge in [0, 0.05) is 53.6 Å². The molecule has 0 amide bonds. The van der Waals surface area contributed by atoms with Crippen molar-refractivity contribution in [2.75, 3.05) is 36.2 Å². The zero-order chi connectivity index (χ0) is 47.8. The molecule has 0 aliphatic heterocycles. The highest BCUT2D eigenvalue weighted by Gasteiger charge is 2.46. The summed E-state index contributed by atoms with van der Waals surface area (Å²) < 4.78 is 55.3. The lowest BCUT2D eigenvalue weighted by Gasteiger charge is -2.25. The molecule has 0 saturated carbocycles. The highest BCUT2D eigenvalue weighted by molar-refractivity contribution is 7.71. The second kappa shape index (κ2) is 22.0. The quantitative estimate of drug-likeness (QED) is 0.0699. The van der Waals surface area contributed by atoms with Gasteiger partial charge < -0.3 is 27.9 Å². The Bertz CT molecular complexity index is 2870. The number of anilines is 6. The monoisotopic (exact) mass is 1010 g/mol. The summed E-state index contributed by atoms with van der Waals surface area (Å²) in [6.45, 7) is 7.53. The number of hydrogen-bond acceptors (Lipinski definition) is 11. The molecule has 0 saturated heterocycles. The molecule has 0 aliphatic rings. The van der Waals surface area contributed by atoms with Crippen LogP contribution in [0.4, 0.5) is 34.1 Å². The van der Waals surface area contributed by atoms with Crippen molar-refractivity contribution in [3.63, 3.8) is 0 Å². The maximum absolute atomic E-state index is 15.4. The van der Waals surface area contributed by atoms with Gasteiger partial charge >= 0.3 is 15.2 Å². The van der Waals surface area contributed by atoms with Crippen LogP contribution in [0.1, 0.15) is 27.7 Å². The van der Waals surface area contributed by atoms with Gasteiger partial charge in [-0.25, -0.2) is 0 Å². The Labute approximate surface area is 417 Å². The first-order chi connectivity index (χ1) is 33.8. The van der Waals surface area contributed by atoms with E-state index in [1.165, 1.54) is 11.3 Å². The van der Waals surface area contributed by atoms with E-state index in [1.54, 1.807) is 50.4 Å². The Morgan fingerprint density at radius 1 is 0.333 bits per heavy atom. The van der Waals surface area contributed by atoms with Gasteiger partial charge in [-0.05, 0) is 136 Å². The molecule has 9 rings (SSSR count). The Morgan fingerprint density at radius 3 is 0.870 bits per heavy atom.